The van der Waals surface area contributed by atoms with Crippen molar-refractivity contribution >= 4 is 28.5 Å². The van der Waals surface area contributed by atoms with E-state index < -0.39 is 11.6 Å². The molecule has 4 heterocycles. The minimum atomic E-state index is -0.648. The van der Waals surface area contributed by atoms with Gasteiger partial charge in [0.15, 0.2) is 11.6 Å². The van der Waals surface area contributed by atoms with Gasteiger partial charge in [-0.1, -0.05) is 0 Å². The molecule has 36 heavy (non-hydrogen) atoms. The maximum absolute atomic E-state index is 14.9. The highest BCUT2D eigenvalue weighted by Crippen LogP contribution is 2.30. The molecule has 1 N–H and O–H groups in total. The van der Waals surface area contributed by atoms with E-state index in [1.54, 1.807) is 12.3 Å². The molecule has 1 aromatic carbocycles. The van der Waals surface area contributed by atoms with Gasteiger partial charge in [-0.15, -0.1) is 0 Å². The SMILES string of the molecule is Cc1nc2c(F)cc(-c3nc(Nc4ccc(N5C[C@@H](C)O[C@@H](C)C5)cn4)ncc3F)cc2n1C(C)C. The van der Waals surface area contributed by atoms with Gasteiger partial charge >= 0.3 is 0 Å². The Labute approximate surface area is 208 Å². The van der Waals surface area contributed by atoms with Crippen LogP contribution in [0.2, 0.25) is 0 Å². The number of benzene rings is 1. The van der Waals surface area contributed by atoms with Gasteiger partial charge in [-0.25, -0.2) is 28.7 Å². The summed E-state index contributed by atoms with van der Waals surface area (Å²) in [7, 11) is 0. The van der Waals surface area contributed by atoms with E-state index in [0.29, 0.717) is 22.7 Å². The van der Waals surface area contributed by atoms with Gasteiger partial charge in [-0.3, -0.25) is 0 Å². The van der Waals surface area contributed by atoms with Gasteiger partial charge in [0.05, 0.1) is 35.8 Å². The molecule has 0 bridgehead atoms. The van der Waals surface area contributed by atoms with E-state index in [0.717, 1.165) is 25.0 Å². The zero-order chi connectivity index (χ0) is 25.6. The van der Waals surface area contributed by atoms with Crippen LogP contribution in [0.3, 0.4) is 0 Å². The molecule has 3 aromatic heterocycles. The first-order valence-corrected chi connectivity index (χ1v) is 12.0. The van der Waals surface area contributed by atoms with Gasteiger partial charge in [0.25, 0.3) is 0 Å². The van der Waals surface area contributed by atoms with Crippen molar-refractivity contribution in [2.75, 3.05) is 23.3 Å². The third kappa shape index (κ3) is 4.60. The number of rotatable bonds is 5. The molecule has 10 heteroatoms. The number of hydrogen-bond acceptors (Lipinski definition) is 7. The van der Waals surface area contributed by atoms with Gasteiger partial charge in [0.1, 0.15) is 22.9 Å². The average Bonchev–Trinajstić information content (AvgIpc) is 3.17. The van der Waals surface area contributed by atoms with Crippen molar-refractivity contribution in [3.8, 4) is 11.3 Å². The molecular formula is C26H29F2N7O. The van der Waals surface area contributed by atoms with Crippen LogP contribution in [0.1, 0.15) is 39.6 Å². The number of anilines is 3. The van der Waals surface area contributed by atoms with Crippen LogP contribution in [0.5, 0.6) is 0 Å². The summed E-state index contributed by atoms with van der Waals surface area (Å²) in [6.07, 6.45) is 3.13. The van der Waals surface area contributed by atoms with Crippen LogP contribution >= 0.6 is 0 Å². The number of pyridine rings is 1. The average molecular weight is 494 g/mol. The van der Waals surface area contributed by atoms with Crippen LogP contribution in [0.15, 0.2) is 36.7 Å². The second-order valence-corrected chi connectivity index (χ2v) is 9.53. The lowest BCUT2D eigenvalue weighted by molar-refractivity contribution is -0.00523. The minimum absolute atomic E-state index is 0.00429. The molecule has 0 saturated carbocycles. The van der Waals surface area contributed by atoms with Crippen LogP contribution in [0.25, 0.3) is 22.3 Å². The highest BCUT2D eigenvalue weighted by Gasteiger charge is 2.23. The predicted octanol–water partition coefficient (Wildman–Crippen LogP) is 5.41. The van der Waals surface area contributed by atoms with Crippen molar-refractivity contribution < 1.29 is 13.5 Å². The quantitative estimate of drug-likeness (QED) is 0.398. The summed E-state index contributed by atoms with van der Waals surface area (Å²) in [6, 6.07) is 6.82. The third-order valence-corrected chi connectivity index (χ3v) is 6.23. The van der Waals surface area contributed by atoms with E-state index in [1.165, 1.54) is 6.07 Å². The fourth-order valence-corrected chi connectivity index (χ4v) is 4.84. The molecule has 8 nitrogen and oxygen atoms in total. The minimum Gasteiger partial charge on any atom is -0.372 e. The Morgan fingerprint density at radius 2 is 1.75 bits per heavy atom. The molecule has 4 aromatic rings. The second kappa shape index (κ2) is 9.42. The summed E-state index contributed by atoms with van der Waals surface area (Å²) in [5.74, 6) is 0.194. The molecule has 0 amide bonds. The summed E-state index contributed by atoms with van der Waals surface area (Å²) < 4.78 is 37.4. The van der Waals surface area contributed by atoms with Crippen LogP contribution in [-0.4, -0.2) is 49.8 Å². The normalized spacial score (nSPS) is 18.3. The number of ether oxygens (including phenoxy) is 1. The first-order valence-electron chi connectivity index (χ1n) is 12.0. The standard InChI is InChI=1S/C26H29F2N7O/c1-14(2)35-17(5)31-25-20(27)8-18(9-22(25)35)24-21(28)11-30-26(33-24)32-23-7-6-19(10-29-23)34-12-15(3)36-16(4)13-34/h6-11,14-16H,12-13H2,1-5H3,(H,29,30,32,33)/t15-,16+. The zero-order valence-corrected chi connectivity index (χ0v) is 21.0. The third-order valence-electron chi connectivity index (χ3n) is 6.23. The lowest BCUT2D eigenvalue weighted by atomic mass is 10.1. The van der Waals surface area contributed by atoms with E-state index in [4.69, 9.17) is 4.74 Å². The summed E-state index contributed by atoms with van der Waals surface area (Å²) in [4.78, 5) is 19.4. The molecule has 5 rings (SSSR count). The van der Waals surface area contributed by atoms with Crippen molar-refractivity contribution in [1.82, 2.24) is 24.5 Å². The van der Waals surface area contributed by atoms with Gasteiger partial charge in [-0.05, 0) is 58.9 Å². The first-order chi connectivity index (χ1) is 17.2. The molecule has 1 fully saturated rings. The van der Waals surface area contributed by atoms with E-state index in [2.05, 4.69) is 44.0 Å². The van der Waals surface area contributed by atoms with Gasteiger partial charge in [-0.2, -0.15) is 0 Å². The maximum atomic E-state index is 14.9. The molecule has 0 radical (unpaired) electrons. The van der Waals surface area contributed by atoms with Crippen LogP contribution in [-0.2, 0) is 4.74 Å². The molecule has 1 aliphatic rings. The molecule has 0 aliphatic carbocycles. The maximum Gasteiger partial charge on any atom is 0.229 e. The number of aromatic nitrogens is 5. The lowest BCUT2D eigenvalue weighted by Gasteiger charge is -2.36. The van der Waals surface area contributed by atoms with Gasteiger partial charge in [0, 0.05) is 24.7 Å². The lowest BCUT2D eigenvalue weighted by Crippen LogP contribution is -2.45. The fraction of sp³-hybridized carbons (Fsp3) is 0.385. The molecule has 0 unspecified atom stereocenters. The largest absolute Gasteiger partial charge is 0.372 e. The van der Waals surface area contributed by atoms with Gasteiger partial charge < -0.3 is 19.5 Å². The number of nitrogens with one attached hydrogen (secondary N) is 1. The van der Waals surface area contributed by atoms with E-state index in [-0.39, 0.29) is 35.4 Å². The Bertz CT molecular complexity index is 1390. The predicted molar refractivity (Wildman–Crippen MR) is 136 cm³/mol. The highest BCUT2D eigenvalue weighted by atomic mass is 19.1. The summed E-state index contributed by atoms with van der Waals surface area (Å²) in [5, 5.41) is 3.02. The Hall–Kier alpha value is -3.66. The summed E-state index contributed by atoms with van der Waals surface area (Å²) in [5.41, 5.74) is 2.14. The Morgan fingerprint density at radius 1 is 1.00 bits per heavy atom. The van der Waals surface area contributed by atoms with Crippen LogP contribution < -0.4 is 10.2 Å². The molecular weight excluding hydrogens is 464 g/mol. The summed E-state index contributed by atoms with van der Waals surface area (Å²) in [6.45, 7) is 11.5. The molecule has 0 spiro atoms. The van der Waals surface area contributed by atoms with Crippen molar-refractivity contribution in [3.63, 3.8) is 0 Å². The second-order valence-electron chi connectivity index (χ2n) is 9.53. The molecule has 188 valence electrons. The van der Waals surface area contributed by atoms with Crippen molar-refractivity contribution in [2.45, 2.75) is 52.9 Å². The van der Waals surface area contributed by atoms with Gasteiger partial charge in [0.2, 0.25) is 5.95 Å². The Kier molecular flexibility index (Phi) is 6.29. The molecule has 1 aliphatic heterocycles. The molecule has 1 saturated heterocycles. The van der Waals surface area contributed by atoms with Crippen LogP contribution in [0, 0.1) is 18.6 Å². The number of hydrogen-bond donors (Lipinski definition) is 1. The van der Waals surface area contributed by atoms with E-state index >= 15 is 0 Å². The number of fused-ring (bicyclic) bond motifs is 1. The van der Waals surface area contributed by atoms with Crippen molar-refractivity contribution in [3.05, 3.63) is 54.1 Å². The zero-order valence-electron chi connectivity index (χ0n) is 21.0. The number of aryl methyl sites for hydroxylation is 1. The monoisotopic (exact) mass is 493 g/mol. The van der Waals surface area contributed by atoms with E-state index in [1.807, 2.05) is 37.5 Å². The number of morpholine rings is 1. The van der Waals surface area contributed by atoms with Crippen LogP contribution in [0.4, 0.5) is 26.2 Å². The number of imidazole rings is 1. The van der Waals surface area contributed by atoms with Crippen molar-refractivity contribution in [2.24, 2.45) is 0 Å². The highest BCUT2D eigenvalue weighted by molar-refractivity contribution is 5.83. The first kappa shape index (κ1) is 24.1. The van der Waals surface area contributed by atoms with E-state index in [9.17, 15) is 8.78 Å². The summed E-state index contributed by atoms with van der Waals surface area (Å²) >= 11 is 0. The topological polar surface area (TPSA) is 81.0 Å². The fourth-order valence-electron chi connectivity index (χ4n) is 4.84. The van der Waals surface area contributed by atoms with Crippen molar-refractivity contribution in [1.29, 1.82) is 0 Å². The Balaban J connectivity index is 1.42. The smallest absolute Gasteiger partial charge is 0.229 e. The number of nitrogens with zero attached hydrogens (tertiary/aromatic N) is 6. The molecule has 2 atom stereocenters. The number of halogens is 2. The Morgan fingerprint density at radius 3 is 2.42 bits per heavy atom.